The molecule has 1 amide bonds. The van der Waals surface area contributed by atoms with E-state index in [2.05, 4.69) is 4.98 Å². The Morgan fingerprint density at radius 3 is 2.50 bits per heavy atom. The van der Waals surface area contributed by atoms with E-state index in [0.717, 1.165) is 25.9 Å². The molecule has 0 spiro atoms. The molecule has 0 radical (unpaired) electrons. The van der Waals surface area contributed by atoms with Crippen LogP contribution in [-0.4, -0.2) is 33.4 Å². The molecular weight excluding hydrogens is 306 g/mol. The van der Waals surface area contributed by atoms with Crippen LogP contribution in [-0.2, 0) is 11.3 Å². The van der Waals surface area contributed by atoms with Crippen LogP contribution in [0.4, 0.5) is 0 Å². The first-order chi connectivity index (χ1) is 11.7. The van der Waals surface area contributed by atoms with Gasteiger partial charge in [-0.15, -0.1) is 0 Å². The molecule has 0 atom stereocenters. The monoisotopic (exact) mass is 329 g/mol. The van der Waals surface area contributed by atoms with Crippen molar-refractivity contribution < 1.29 is 4.79 Å². The minimum absolute atomic E-state index is 0.127. The Balaban J connectivity index is 1.66. The minimum atomic E-state index is -0.416. The number of rotatable bonds is 4. The first-order valence-corrected chi connectivity index (χ1v) is 8.66. The third-order valence-corrected chi connectivity index (χ3v) is 4.62. The van der Waals surface area contributed by atoms with Crippen molar-refractivity contribution in [2.24, 2.45) is 0 Å². The molecule has 2 aromatic rings. The van der Waals surface area contributed by atoms with Gasteiger partial charge in [-0.05, 0) is 31.4 Å². The van der Waals surface area contributed by atoms with Crippen molar-refractivity contribution in [1.29, 1.82) is 0 Å². The van der Waals surface area contributed by atoms with Gasteiger partial charge in [0.05, 0.1) is 10.9 Å². The number of likely N-dealkylation sites (tertiary alicyclic amines) is 1. The summed E-state index contributed by atoms with van der Waals surface area (Å²) in [4.78, 5) is 41.4. The fraction of sp³-hybridized carbons (Fsp3) is 0.500. The molecule has 1 aromatic heterocycles. The predicted octanol–water partition coefficient (Wildman–Crippen LogP) is 1.87. The first-order valence-electron chi connectivity index (χ1n) is 8.66. The zero-order valence-electron chi connectivity index (χ0n) is 13.8. The van der Waals surface area contributed by atoms with E-state index in [4.69, 9.17) is 0 Å². The van der Waals surface area contributed by atoms with E-state index in [1.54, 1.807) is 24.3 Å². The van der Waals surface area contributed by atoms with Gasteiger partial charge in [0.15, 0.2) is 0 Å². The average Bonchev–Trinajstić information content (AvgIpc) is 2.87. The molecule has 0 bridgehead atoms. The Kier molecular flexibility index (Phi) is 5.13. The highest BCUT2D eigenvalue weighted by Gasteiger charge is 2.15. The van der Waals surface area contributed by atoms with Gasteiger partial charge in [0.2, 0.25) is 5.91 Å². The molecule has 6 nitrogen and oxygen atoms in total. The molecular formula is C18H23N3O3. The number of benzene rings is 1. The maximum atomic E-state index is 12.4. The number of para-hydroxylation sites is 1. The summed E-state index contributed by atoms with van der Waals surface area (Å²) in [5.41, 5.74) is -0.165. The molecule has 3 rings (SSSR count). The molecule has 6 heteroatoms. The summed E-state index contributed by atoms with van der Waals surface area (Å²) in [5.74, 6) is 0.127. The Hall–Kier alpha value is -2.37. The number of H-pyrrole nitrogens is 1. The van der Waals surface area contributed by atoms with Gasteiger partial charge in [0.25, 0.3) is 5.56 Å². The Bertz CT molecular complexity index is 829. The maximum Gasteiger partial charge on any atom is 0.328 e. The summed E-state index contributed by atoms with van der Waals surface area (Å²) >= 11 is 0. The summed E-state index contributed by atoms with van der Waals surface area (Å²) in [5, 5.41) is 0.496. The zero-order valence-corrected chi connectivity index (χ0v) is 13.8. The third-order valence-electron chi connectivity index (χ3n) is 4.62. The normalized spacial score (nSPS) is 15.4. The highest BCUT2D eigenvalue weighted by molar-refractivity contribution is 5.77. The van der Waals surface area contributed by atoms with E-state index in [1.165, 1.54) is 17.4 Å². The van der Waals surface area contributed by atoms with Crippen molar-refractivity contribution in [3.63, 3.8) is 0 Å². The first kappa shape index (κ1) is 16.5. The fourth-order valence-corrected chi connectivity index (χ4v) is 3.27. The van der Waals surface area contributed by atoms with Crippen LogP contribution in [0.25, 0.3) is 10.9 Å². The smallest absolute Gasteiger partial charge is 0.328 e. The summed E-state index contributed by atoms with van der Waals surface area (Å²) in [6.07, 6.45) is 5.37. The molecule has 1 aliphatic rings. The molecule has 1 aromatic carbocycles. The lowest BCUT2D eigenvalue weighted by Crippen LogP contribution is -2.36. The molecule has 1 aliphatic heterocycles. The van der Waals surface area contributed by atoms with E-state index in [0.29, 0.717) is 23.7 Å². The number of fused-ring (bicyclic) bond motifs is 1. The van der Waals surface area contributed by atoms with Crippen LogP contribution >= 0.6 is 0 Å². The predicted molar refractivity (Wildman–Crippen MR) is 93.1 cm³/mol. The average molecular weight is 329 g/mol. The van der Waals surface area contributed by atoms with Gasteiger partial charge in [-0.3, -0.25) is 14.2 Å². The van der Waals surface area contributed by atoms with Crippen LogP contribution in [0, 0.1) is 0 Å². The second-order valence-electron chi connectivity index (χ2n) is 6.33. The summed E-state index contributed by atoms with van der Waals surface area (Å²) in [6, 6.07) is 6.97. The van der Waals surface area contributed by atoms with Crippen LogP contribution in [0.1, 0.15) is 38.5 Å². The fourth-order valence-electron chi connectivity index (χ4n) is 3.27. The van der Waals surface area contributed by atoms with Gasteiger partial charge in [0, 0.05) is 26.1 Å². The number of aromatic amines is 1. The lowest BCUT2D eigenvalue weighted by Gasteiger charge is -2.20. The number of amides is 1. The standard InChI is InChI=1S/C18H23N3O3/c22-16(20-11-5-1-2-6-12-20)10-7-13-21-17(23)14-8-3-4-9-15(14)19-18(21)24/h3-4,8-9H,1-2,5-7,10-13H2,(H,19,24). The van der Waals surface area contributed by atoms with Gasteiger partial charge < -0.3 is 9.88 Å². The number of nitrogens with one attached hydrogen (secondary N) is 1. The van der Waals surface area contributed by atoms with Gasteiger partial charge >= 0.3 is 5.69 Å². The SMILES string of the molecule is O=C(CCCn1c(=O)[nH]c2ccccc2c1=O)N1CCCCCC1. The number of carbonyl (C=O) groups is 1. The van der Waals surface area contributed by atoms with Crippen LogP contribution in [0.5, 0.6) is 0 Å². The Morgan fingerprint density at radius 2 is 1.75 bits per heavy atom. The Morgan fingerprint density at radius 1 is 1.04 bits per heavy atom. The summed E-state index contributed by atoms with van der Waals surface area (Å²) < 4.78 is 1.19. The number of aromatic nitrogens is 2. The van der Waals surface area contributed by atoms with Crippen LogP contribution in [0.15, 0.2) is 33.9 Å². The van der Waals surface area contributed by atoms with E-state index in [1.807, 2.05) is 4.90 Å². The number of nitrogens with zero attached hydrogens (tertiary/aromatic N) is 2. The molecule has 2 heterocycles. The lowest BCUT2D eigenvalue weighted by atomic mass is 10.2. The second-order valence-corrected chi connectivity index (χ2v) is 6.33. The number of carbonyl (C=O) groups excluding carboxylic acids is 1. The molecule has 1 N–H and O–H groups in total. The highest BCUT2D eigenvalue weighted by Crippen LogP contribution is 2.11. The van der Waals surface area contributed by atoms with Gasteiger partial charge in [-0.2, -0.15) is 0 Å². The topological polar surface area (TPSA) is 75.2 Å². The molecule has 0 unspecified atom stereocenters. The van der Waals surface area contributed by atoms with Gasteiger partial charge in [0.1, 0.15) is 0 Å². The van der Waals surface area contributed by atoms with Crippen molar-refractivity contribution in [2.75, 3.05) is 13.1 Å². The molecule has 24 heavy (non-hydrogen) atoms. The third kappa shape index (κ3) is 3.58. The molecule has 0 saturated carbocycles. The van der Waals surface area contributed by atoms with E-state index in [9.17, 15) is 14.4 Å². The molecule has 1 fully saturated rings. The van der Waals surface area contributed by atoms with E-state index in [-0.39, 0.29) is 18.0 Å². The van der Waals surface area contributed by atoms with E-state index >= 15 is 0 Å². The lowest BCUT2D eigenvalue weighted by molar-refractivity contribution is -0.131. The van der Waals surface area contributed by atoms with Crippen molar-refractivity contribution >= 4 is 16.8 Å². The quantitative estimate of drug-likeness (QED) is 0.930. The van der Waals surface area contributed by atoms with Crippen molar-refractivity contribution in [2.45, 2.75) is 45.1 Å². The van der Waals surface area contributed by atoms with Gasteiger partial charge in [-0.25, -0.2) is 4.79 Å². The summed E-state index contributed by atoms with van der Waals surface area (Å²) in [7, 11) is 0. The zero-order chi connectivity index (χ0) is 16.9. The molecule has 0 aliphatic carbocycles. The largest absolute Gasteiger partial charge is 0.343 e. The number of hydrogen-bond acceptors (Lipinski definition) is 3. The van der Waals surface area contributed by atoms with Crippen molar-refractivity contribution in [1.82, 2.24) is 14.5 Å². The van der Waals surface area contributed by atoms with E-state index < -0.39 is 5.69 Å². The van der Waals surface area contributed by atoms with Crippen molar-refractivity contribution in [3.05, 3.63) is 45.1 Å². The summed E-state index contributed by atoms with van der Waals surface area (Å²) in [6.45, 7) is 1.92. The maximum absolute atomic E-state index is 12.4. The van der Waals surface area contributed by atoms with Crippen molar-refractivity contribution in [3.8, 4) is 0 Å². The molecule has 128 valence electrons. The number of hydrogen-bond donors (Lipinski definition) is 1. The van der Waals surface area contributed by atoms with Crippen LogP contribution in [0.3, 0.4) is 0 Å². The minimum Gasteiger partial charge on any atom is -0.343 e. The second kappa shape index (κ2) is 7.47. The van der Waals surface area contributed by atoms with Crippen LogP contribution in [0.2, 0.25) is 0 Å². The van der Waals surface area contributed by atoms with Crippen LogP contribution < -0.4 is 11.2 Å². The Labute approximate surface area is 140 Å². The highest BCUT2D eigenvalue weighted by atomic mass is 16.2. The molecule has 1 saturated heterocycles. The van der Waals surface area contributed by atoms with Gasteiger partial charge in [-0.1, -0.05) is 25.0 Å².